The summed E-state index contributed by atoms with van der Waals surface area (Å²) in [5.41, 5.74) is 2.55. The van der Waals surface area contributed by atoms with Gasteiger partial charge in [0.15, 0.2) is 12.4 Å². The summed E-state index contributed by atoms with van der Waals surface area (Å²) in [5.74, 6) is -5.19. The number of ether oxygens (including phenoxy) is 4. The van der Waals surface area contributed by atoms with Gasteiger partial charge in [0.2, 0.25) is 12.3 Å². The summed E-state index contributed by atoms with van der Waals surface area (Å²) in [6.45, 7) is 7.81. The molecule has 0 saturated heterocycles. The van der Waals surface area contributed by atoms with E-state index in [1.54, 1.807) is 73.7 Å². The standard InChI is InChI=1S/C56H64N4O14/c1-7-9-12-21-43(47(8-2)60(35-61)74-55(67)42-25-23-41(69-6)30-45(42)36(3)4)52(64)57-34-58-54(66)49-27-26-48(73-49)40-22-24-44(50(29-40)70-33-51(63)71-31-38-17-13-10-14-18-38)53(65)59-46(28-37(5)62)56(68)72-32-39-19-15-11-16-20-39/h10-11,13-20,22-27,29-30,35-36,43,46-47H,7-9,12,21,28,31-34H2,1-6H3,(H,57,64)(H,58,66)(H,59,65)/t43-,46+,47-/m1/s1. The normalized spacial score (nSPS) is 12.0. The summed E-state index contributed by atoms with van der Waals surface area (Å²) < 4.78 is 27.9. The Bertz CT molecular complexity index is 2700. The number of hydrogen-bond donors (Lipinski definition) is 3. The molecule has 3 N–H and O–H groups in total. The van der Waals surface area contributed by atoms with Gasteiger partial charge in [0.1, 0.15) is 42.3 Å². The van der Waals surface area contributed by atoms with Crippen molar-refractivity contribution in [3.05, 3.63) is 143 Å². The first-order chi connectivity index (χ1) is 35.6. The lowest BCUT2D eigenvalue weighted by Crippen LogP contribution is -2.49. The van der Waals surface area contributed by atoms with Gasteiger partial charge < -0.3 is 44.2 Å². The fraction of sp³-hybridized carbons (Fsp3) is 0.357. The number of hydroxylamine groups is 2. The van der Waals surface area contributed by atoms with E-state index in [1.807, 2.05) is 32.9 Å². The molecule has 0 fully saturated rings. The molecular formula is C56H64N4O14. The Hall–Kier alpha value is -8.28. The first-order valence-corrected chi connectivity index (χ1v) is 24.4. The van der Waals surface area contributed by atoms with Crippen LogP contribution in [0.25, 0.3) is 11.3 Å². The van der Waals surface area contributed by atoms with Crippen LogP contribution in [-0.4, -0.2) is 85.4 Å². The van der Waals surface area contributed by atoms with Gasteiger partial charge in [0.25, 0.3) is 11.8 Å². The molecule has 0 bridgehead atoms. The highest BCUT2D eigenvalue weighted by Gasteiger charge is 2.34. The SMILES string of the molecule is CCCCC[C@@H](C(=O)NCNC(=O)c1ccc(-c2ccc(C(=O)N[C@@H](CC(C)=O)C(=O)OCc3ccccc3)c(OCC(=O)OCc3ccccc3)c2)o1)[C@@H](CC)N(C=O)OC(=O)c1ccc(OC)cc1C(C)C. The van der Waals surface area contributed by atoms with E-state index in [4.69, 9.17) is 28.2 Å². The average Bonchev–Trinajstić information content (AvgIpc) is 3.91. The summed E-state index contributed by atoms with van der Waals surface area (Å²) in [4.78, 5) is 111. The van der Waals surface area contributed by atoms with Gasteiger partial charge in [-0.05, 0) is 84.8 Å². The highest BCUT2D eigenvalue weighted by Crippen LogP contribution is 2.31. The number of amides is 4. The van der Waals surface area contributed by atoms with E-state index in [1.165, 1.54) is 44.4 Å². The van der Waals surface area contributed by atoms with Crippen molar-refractivity contribution in [2.75, 3.05) is 20.4 Å². The van der Waals surface area contributed by atoms with E-state index >= 15 is 0 Å². The molecule has 4 amide bonds. The van der Waals surface area contributed by atoms with E-state index < -0.39 is 60.2 Å². The van der Waals surface area contributed by atoms with Crippen LogP contribution in [0.2, 0.25) is 0 Å². The predicted molar refractivity (Wildman–Crippen MR) is 271 cm³/mol. The van der Waals surface area contributed by atoms with Crippen molar-refractivity contribution in [1.82, 2.24) is 21.0 Å². The molecule has 0 unspecified atom stereocenters. The van der Waals surface area contributed by atoms with Crippen LogP contribution in [0, 0.1) is 5.92 Å². The summed E-state index contributed by atoms with van der Waals surface area (Å²) in [6, 6.07) is 27.7. The first kappa shape index (κ1) is 56.6. The van der Waals surface area contributed by atoms with Crippen molar-refractivity contribution in [2.45, 2.75) is 104 Å². The predicted octanol–water partition coefficient (Wildman–Crippen LogP) is 8.03. The number of furan rings is 1. The van der Waals surface area contributed by atoms with Crippen molar-refractivity contribution in [2.24, 2.45) is 5.92 Å². The maximum atomic E-state index is 13.9. The van der Waals surface area contributed by atoms with Crippen LogP contribution in [0.1, 0.15) is 127 Å². The highest BCUT2D eigenvalue weighted by atomic mass is 16.7. The fourth-order valence-electron chi connectivity index (χ4n) is 7.89. The van der Waals surface area contributed by atoms with E-state index in [9.17, 15) is 38.4 Å². The third kappa shape index (κ3) is 16.6. The number of benzene rings is 4. The minimum Gasteiger partial charge on any atom is -0.497 e. The molecule has 18 nitrogen and oxygen atoms in total. The summed E-state index contributed by atoms with van der Waals surface area (Å²) in [7, 11) is 1.52. The maximum absolute atomic E-state index is 13.9. The Labute approximate surface area is 430 Å². The Morgan fingerprint density at radius 1 is 0.757 bits per heavy atom. The van der Waals surface area contributed by atoms with Gasteiger partial charge in [0, 0.05) is 12.0 Å². The zero-order valence-electron chi connectivity index (χ0n) is 42.5. The van der Waals surface area contributed by atoms with Crippen molar-refractivity contribution in [3.63, 3.8) is 0 Å². The number of carbonyl (C=O) groups is 8. The minimum atomic E-state index is -1.36. The molecule has 5 aromatic rings. The first-order valence-electron chi connectivity index (χ1n) is 24.4. The van der Waals surface area contributed by atoms with Crippen LogP contribution in [0.3, 0.4) is 0 Å². The number of unbranched alkanes of at least 4 members (excludes halogenated alkanes) is 2. The van der Waals surface area contributed by atoms with Crippen LogP contribution in [0.5, 0.6) is 11.5 Å². The third-order valence-electron chi connectivity index (χ3n) is 11.8. The largest absolute Gasteiger partial charge is 0.497 e. The molecule has 0 spiro atoms. The van der Waals surface area contributed by atoms with E-state index in [0.29, 0.717) is 41.7 Å². The van der Waals surface area contributed by atoms with Gasteiger partial charge in [-0.2, -0.15) is 5.06 Å². The third-order valence-corrected chi connectivity index (χ3v) is 11.8. The number of hydrogen-bond acceptors (Lipinski definition) is 14. The quantitative estimate of drug-likeness (QED) is 0.0135. The van der Waals surface area contributed by atoms with Crippen LogP contribution in [0.4, 0.5) is 0 Å². The second kappa shape index (κ2) is 28.7. The van der Waals surface area contributed by atoms with Crippen LogP contribution >= 0.6 is 0 Å². The maximum Gasteiger partial charge on any atom is 0.363 e. The number of esters is 2. The molecule has 4 aromatic carbocycles. The molecule has 5 rings (SSSR count). The molecule has 392 valence electrons. The van der Waals surface area contributed by atoms with Crippen LogP contribution in [-0.2, 0) is 51.5 Å². The molecule has 1 aromatic heterocycles. The lowest BCUT2D eigenvalue weighted by molar-refractivity contribution is -0.171. The molecule has 0 aliphatic rings. The number of ketones is 1. The number of Topliss-reactive ketones (excluding diaryl/α,β-unsaturated/α-hetero) is 1. The van der Waals surface area contributed by atoms with Gasteiger partial charge >= 0.3 is 17.9 Å². The van der Waals surface area contributed by atoms with Crippen molar-refractivity contribution in [1.29, 1.82) is 0 Å². The van der Waals surface area contributed by atoms with Gasteiger partial charge in [-0.1, -0.05) is 114 Å². The summed E-state index contributed by atoms with van der Waals surface area (Å²) in [5, 5.41) is 8.79. The number of rotatable bonds is 29. The number of carbonyl (C=O) groups excluding carboxylic acids is 8. The molecule has 1 heterocycles. The average molecular weight is 1020 g/mol. The van der Waals surface area contributed by atoms with Crippen LogP contribution < -0.4 is 25.4 Å². The van der Waals surface area contributed by atoms with Crippen LogP contribution in [0.15, 0.2) is 114 Å². The fourth-order valence-corrected chi connectivity index (χ4v) is 7.89. The number of nitrogens with one attached hydrogen (secondary N) is 3. The monoisotopic (exact) mass is 1020 g/mol. The van der Waals surface area contributed by atoms with Gasteiger partial charge in [-0.15, -0.1) is 0 Å². The molecule has 74 heavy (non-hydrogen) atoms. The molecule has 18 heteroatoms. The summed E-state index contributed by atoms with van der Waals surface area (Å²) in [6.07, 6.45) is 2.96. The van der Waals surface area contributed by atoms with E-state index in [-0.39, 0.29) is 72.8 Å². The molecule has 0 aliphatic heterocycles. The van der Waals surface area contributed by atoms with Crippen molar-refractivity contribution in [3.8, 4) is 22.8 Å². The van der Waals surface area contributed by atoms with E-state index in [2.05, 4.69) is 16.0 Å². The molecule has 3 atom stereocenters. The number of nitrogens with zero attached hydrogens (tertiary/aromatic N) is 1. The zero-order valence-corrected chi connectivity index (χ0v) is 42.5. The van der Waals surface area contributed by atoms with Gasteiger partial charge in [0.05, 0.1) is 36.9 Å². The molecule has 0 radical (unpaired) electrons. The highest BCUT2D eigenvalue weighted by molar-refractivity contribution is 6.01. The topological polar surface area (TPSA) is 235 Å². The smallest absolute Gasteiger partial charge is 0.363 e. The Balaban J connectivity index is 1.29. The van der Waals surface area contributed by atoms with Gasteiger partial charge in [-0.25, -0.2) is 14.4 Å². The molecule has 0 aliphatic carbocycles. The molecular weight excluding hydrogens is 953 g/mol. The van der Waals surface area contributed by atoms with Crippen molar-refractivity contribution >= 4 is 47.8 Å². The lowest BCUT2D eigenvalue weighted by atomic mass is 9.90. The zero-order chi connectivity index (χ0) is 53.6. The van der Waals surface area contributed by atoms with Gasteiger partial charge in [-0.3, -0.25) is 24.0 Å². The Morgan fingerprint density at radius 2 is 1.43 bits per heavy atom. The Kier molecular flexibility index (Phi) is 21.9. The number of methoxy groups -OCH3 is 1. The van der Waals surface area contributed by atoms with E-state index in [0.717, 1.165) is 23.5 Å². The minimum absolute atomic E-state index is 0.0325. The molecule has 0 saturated carbocycles. The second-order valence-electron chi connectivity index (χ2n) is 17.6. The Morgan fingerprint density at radius 3 is 2.05 bits per heavy atom. The summed E-state index contributed by atoms with van der Waals surface area (Å²) >= 11 is 0. The van der Waals surface area contributed by atoms with Crippen molar-refractivity contribution < 1.29 is 66.6 Å². The second-order valence-corrected chi connectivity index (χ2v) is 17.6. The lowest BCUT2D eigenvalue weighted by Gasteiger charge is -2.32.